The molecule has 0 amide bonds. The molecule has 21 heavy (non-hydrogen) atoms. The van der Waals surface area contributed by atoms with E-state index in [-0.39, 0.29) is 6.42 Å². The molecule has 3 heterocycles. The van der Waals surface area contributed by atoms with Crippen molar-refractivity contribution in [2.45, 2.75) is 25.7 Å². The number of carboxylic acids is 1. The van der Waals surface area contributed by atoms with Gasteiger partial charge < -0.3 is 5.11 Å². The van der Waals surface area contributed by atoms with Crippen LogP contribution < -0.4 is 0 Å². The van der Waals surface area contributed by atoms with Crippen molar-refractivity contribution in [2.75, 3.05) is 0 Å². The lowest BCUT2D eigenvalue weighted by molar-refractivity contribution is -0.137. The van der Waals surface area contributed by atoms with Gasteiger partial charge in [-0.05, 0) is 25.0 Å². The second-order valence-corrected chi connectivity index (χ2v) is 5.60. The van der Waals surface area contributed by atoms with E-state index in [4.69, 9.17) is 5.11 Å². The molecule has 7 nitrogen and oxygen atoms in total. The number of aliphatic carboxylic acids is 1. The van der Waals surface area contributed by atoms with Gasteiger partial charge in [0.15, 0.2) is 5.82 Å². The Labute approximate surface area is 124 Å². The fraction of sp³-hybridized carbons (Fsp3) is 0.308. The number of carbonyl (C=O) groups is 1. The predicted octanol–water partition coefficient (Wildman–Crippen LogP) is 2.05. The van der Waals surface area contributed by atoms with Crippen LogP contribution in [0.4, 0.5) is 0 Å². The van der Waals surface area contributed by atoms with E-state index in [1.165, 1.54) is 11.3 Å². The molecule has 0 spiro atoms. The SMILES string of the molecule is O=C(O)CCCCc1nn2c(-c3cccnc3)nnc2s1. The molecule has 0 unspecified atom stereocenters. The van der Waals surface area contributed by atoms with Crippen LogP contribution in [0.3, 0.4) is 0 Å². The topological polar surface area (TPSA) is 93.3 Å². The maximum atomic E-state index is 10.5. The summed E-state index contributed by atoms with van der Waals surface area (Å²) in [6.45, 7) is 0. The van der Waals surface area contributed by atoms with E-state index in [1.54, 1.807) is 16.9 Å². The lowest BCUT2D eigenvalue weighted by Crippen LogP contribution is -1.96. The zero-order chi connectivity index (χ0) is 14.7. The van der Waals surface area contributed by atoms with Crippen molar-refractivity contribution in [3.05, 3.63) is 29.5 Å². The zero-order valence-electron chi connectivity index (χ0n) is 11.1. The molecule has 0 aromatic carbocycles. The number of unbranched alkanes of at least 4 members (excludes halogenated alkanes) is 1. The first-order chi connectivity index (χ1) is 10.2. The average Bonchev–Trinajstić information content (AvgIpc) is 3.04. The monoisotopic (exact) mass is 303 g/mol. The summed E-state index contributed by atoms with van der Waals surface area (Å²) in [5, 5.41) is 22.3. The van der Waals surface area contributed by atoms with Crippen LogP contribution in [0.2, 0.25) is 0 Å². The summed E-state index contributed by atoms with van der Waals surface area (Å²) in [4.78, 5) is 15.3. The van der Waals surface area contributed by atoms with Crippen LogP contribution in [-0.4, -0.2) is 35.9 Å². The highest BCUT2D eigenvalue weighted by Crippen LogP contribution is 2.21. The Morgan fingerprint density at radius 2 is 2.24 bits per heavy atom. The van der Waals surface area contributed by atoms with Gasteiger partial charge in [0.05, 0.1) is 0 Å². The van der Waals surface area contributed by atoms with Crippen LogP contribution in [0.25, 0.3) is 16.3 Å². The highest BCUT2D eigenvalue weighted by Gasteiger charge is 2.13. The van der Waals surface area contributed by atoms with Crippen LogP contribution in [0.5, 0.6) is 0 Å². The van der Waals surface area contributed by atoms with Crippen molar-refractivity contribution in [2.24, 2.45) is 0 Å². The van der Waals surface area contributed by atoms with Crippen LogP contribution >= 0.6 is 11.3 Å². The van der Waals surface area contributed by atoms with E-state index < -0.39 is 5.97 Å². The summed E-state index contributed by atoms with van der Waals surface area (Å²) in [5.74, 6) is -0.0851. The molecule has 0 aliphatic rings. The molecule has 0 fully saturated rings. The lowest BCUT2D eigenvalue weighted by atomic mass is 10.2. The number of aromatic nitrogens is 5. The summed E-state index contributed by atoms with van der Waals surface area (Å²) in [6, 6.07) is 3.75. The largest absolute Gasteiger partial charge is 0.481 e. The number of hydrogen-bond donors (Lipinski definition) is 1. The van der Waals surface area contributed by atoms with Gasteiger partial charge in [-0.3, -0.25) is 9.78 Å². The summed E-state index contributed by atoms with van der Waals surface area (Å²) in [7, 11) is 0. The standard InChI is InChI=1S/C13H13N5O2S/c19-11(20)6-2-1-5-10-17-18-12(15-16-13(18)21-10)9-4-3-7-14-8-9/h3-4,7-8H,1-2,5-6H2,(H,19,20). The molecule has 0 radical (unpaired) electrons. The Morgan fingerprint density at radius 3 is 3.00 bits per heavy atom. The van der Waals surface area contributed by atoms with Crippen molar-refractivity contribution in [1.29, 1.82) is 0 Å². The van der Waals surface area contributed by atoms with Gasteiger partial charge in [0.1, 0.15) is 5.01 Å². The summed E-state index contributed by atoms with van der Waals surface area (Å²) >= 11 is 1.48. The molecule has 0 atom stereocenters. The number of aryl methyl sites for hydroxylation is 1. The first-order valence-electron chi connectivity index (χ1n) is 6.57. The first-order valence-corrected chi connectivity index (χ1v) is 7.39. The molecular weight excluding hydrogens is 290 g/mol. The van der Waals surface area contributed by atoms with E-state index in [0.717, 1.165) is 28.4 Å². The highest BCUT2D eigenvalue weighted by atomic mass is 32.1. The smallest absolute Gasteiger partial charge is 0.303 e. The van der Waals surface area contributed by atoms with Gasteiger partial charge in [0.25, 0.3) is 0 Å². The quantitative estimate of drug-likeness (QED) is 0.700. The van der Waals surface area contributed by atoms with E-state index in [9.17, 15) is 4.79 Å². The molecule has 0 aliphatic heterocycles. The lowest BCUT2D eigenvalue weighted by Gasteiger charge is -1.96. The number of rotatable bonds is 6. The van der Waals surface area contributed by atoms with Crippen LogP contribution in [0.1, 0.15) is 24.3 Å². The molecule has 3 aromatic heterocycles. The average molecular weight is 303 g/mol. The van der Waals surface area contributed by atoms with E-state index >= 15 is 0 Å². The maximum absolute atomic E-state index is 10.5. The molecule has 0 bridgehead atoms. The van der Waals surface area contributed by atoms with Crippen molar-refractivity contribution in [1.82, 2.24) is 24.8 Å². The van der Waals surface area contributed by atoms with Gasteiger partial charge in [0.2, 0.25) is 4.96 Å². The number of hydrogen-bond acceptors (Lipinski definition) is 6. The molecule has 0 saturated heterocycles. The third-order valence-electron chi connectivity index (χ3n) is 2.98. The van der Waals surface area contributed by atoms with Gasteiger partial charge in [0, 0.05) is 30.8 Å². The van der Waals surface area contributed by atoms with Crippen LogP contribution in [0.15, 0.2) is 24.5 Å². The molecule has 3 rings (SSSR count). The minimum absolute atomic E-state index is 0.199. The molecule has 108 valence electrons. The normalized spacial score (nSPS) is 11.0. The zero-order valence-corrected chi connectivity index (χ0v) is 12.0. The Hall–Kier alpha value is -2.35. The Kier molecular flexibility index (Phi) is 3.87. The summed E-state index contributed by atoms with van der Waals surface area (Å²) in [6.07, 6.45) is 5.85. The van der Waals surface area contributed by atoms with Crippen molar-refractivity contribution in [3.63, 3.8) is 0 Å². The Balaban J connectivity index is 1.75. The molecule has 1 N–H and O–H groups in total. The number of carboxylic acid groups (broad SMARTS) is 1. The van der Waals surface area contributed by atoms with Gasteiger partial charge >= 0.3 is 5.97 Å². The first kappa shape index (κ1) is 13.6. The molecular formula is C13H13N5O2S. The molecule has 0 aliphatic carbocycles. The number of fused-ring (bicyclic) bond motifs is 1. The van der Waals surface area contributed by atoms with E-state index in [0.29, 0.717) is 12.2 Å². The fourth-order valence-corrected chi connectivity index (χ4v) is 2.86. The number of nitrogens with zero attached hydrogens (tertiary/aromatic N) is 5. The molecule has 0 saturated carbocycles. The van der Waals surface area contributed by atoms with Crippen LogP contribution in [-0.2, 0) is 11.2 Å². The van der Waals surface area contributed by atoms with E-state index in [2.05, 4.69) is 20.3 Å². The third-order valence-corrected chi connectivity index (χ3v) is 3.94. The second kappa shape index (κ2) is 5.96. The molecule has 3 aromatic rings. The minimum atomic E-state index is -0.757. The van der Waals surface area contributed by atoms with E-state index in [1.807, 2.05) is 12.1 Å². The van der Waals surface area contributed by atoms with Crippen LogP contribution in [0, 0.1) is 0 Å². The van der Waals surface area contributed by atoms with Crippen molar-refractivity contribution >= 4 is 22.3 Å². The number of pyridine rings is 1. The second-order valence-electron chi connectivity index (χ2n) is 4.56. The van der Waals surface area contributed by atoms with Gasteiger partial charge in [-0.25, -0.2) is 0 Å². The maximum Gasteiger partial charge on any atom is 0.303 e. The van der Waals surface area contributed by atoms with Gasteiger partial charge in [-0.15, -0.1) is 10.2 Å². The summed E-state index contributed by atoms with van der Waals surface area (Å²) < 4.78 is 1.72. The minimum Gasteiger partial charge on any atom is -0.481 e. The fourth-order valence-electron chi connectivity index (χ4n) is 1.99. The Morgan fingerprint density at radius 1 is 1.33 bits per heavy atom. The Bertz CT molecular complexity index is 752. The molecule has 8 heteroatoms. The third kappa shape index (κ3) is 3.05. The predicted molar refractivity (Wildman–Crippen MR) is 77.1 cm³/mol. The highest BCUT2D eigenvalue weighted by molar-refractivity contribution is 7.16. The van der Waals surface area contributed by atoms with Gasteiger partial charge in [-0.1, -0.05) is 11.3 Å². The van der Waals surface area contributed by atoms with Crippen molar-refractivity contribution in [3.8, 4) is 11.4 Å². The van der Waals surface area contributed by atoms with Crippen molar-refractivity contribution < 1.29 is 9.90 Å². The summed E-state index contributed by atoms with van der Waals surface area (Å²) in [5.41, 5.74) is 0.868. The van der Waals surface area contributed by atoms with Gasteiger partial charge in [-0.2, -0.15) is 9.61 Å².